The molecule has 6 nitrogen and oxygen atoms in total. The van der Waals surface area contributed by atoms with Crippen LogP contribution in [0.15, 0.2) is 72.9 Å². The lowest BCUT2D eigenvalue weighted by Crippen LogP contribution is -2.46. The van der Waals surface area contributed by atoms with Crippen molar-refractivity contribution in [1.29, 1.82) is 0 Å². The maximum Gasteiger partial charge on any atom is 0.252 e. The van der Waals surface area contributed by atoms with Crippen LogP contribution < -0.4 is 10.2 Å². The number of carbonyl (C=O) groups is 2. The molecule has 2 heterocycles. The maximum absolute atomic E-state index is 12.9. The van der Waals surface area contributed by atoms with Crippen LogP contribution in [-0.4, -0.2) is 54.3 Å². The minimum Gasteiger partial charge on any atom is -0.354 e. The Morgan fingerprint density at radius 3 is 2.22 bits per heavy atom. The molecule has 6 heteroatoms. The molecule has 4 rings (SSSR count). The Bertz CT molecular complexity index is 1060. The lowest BCUT2D eigenvalue weighted by molar-refractivity contribution is 0.0939. The van der Waals surface area contributed by atoms with Crippen LogP contribution in [0.5, 0.6) is 0 Å². The van der Waals surface area contributed by atoms with E-state index < -0.39 is 0 Å². The second kappa shape index (κ2) is 10.2. The van der Waals surface area contributed by atoms with Gasteiger partial charge in [0, 0.05) is 50.0 Å². The molecule has 1 aliphatic heterocycles. The number of likely N-dealkylation sites (N-methyl/N-ethyl adjacent to an activating group) is 1. The van der Waals surface area contributed by atoms with Crippen molar-refractivity contribution in [3.05, 3.63) is 95.2 Å². The molecule has 1 fully saturated rings. The molecule has 32 heavy (non-hydrogen) atoms. The van der Waals surface area contributed by atoms with Crippen molar-refractivity contribution >= 4 is 17.5 Å². The van der Waals surface area contributed by atoms with Crippen molar-refractivity contribution in [3.63, 3.8) is 0 Å². The molecule has 0 aliphatic carbocycles. The van der Waals surface area contributed by atoms with Crippen molar-refractivity contribution < 1.29 is 9.59 Å². The molecule has 0 unspecified atom stereocenters. The highest BCUT2D eigenvalue weighted by molar-refractivity contribution is 6.15. The van der Waals surface area contributed by atoms with Gasteiger partial charge in [0.15, 0.2) is 5.78 Å². The monoisotopic (exact) mass is 428 g/mol. The van der Waals surface area contributed by atoms with E-state index in [-0.39, 0.29) is 11.7 Å². The summed E-state index contributed by atoms with van der Waals surface area (Å²) in [6, 6.07) is 19.9. The molecular formula is C26H28N4O2. The number of nitrogens with one attached hydrogen (secondary N) is 1. The van der Waals surface area contributed by atoms with Gasteiger partial charge < -0.3 is 15.1 Å². The number of rotatable bonds is 7. The third kappa shape index (κ3) is 5.03. The number of amides is 1. The Labute approximate surface area is 188 Å². The number of benzene rings is 2. The van der Waals surface area contributed by atoms with E-state index in [0.29, 0.717) is 23.2 Å². The van der Waals surface area contributed by atoms with Crippen LogP contribution in [0.1, 0.15) is 38.8 Å². The lowest BCUT2D eigenvalue weighted by atomic mass is 9.98. The Hall–Kier alpha value is -3.51. The van der Waals surface area contributed by atoms with E-state index in [1.165, 1.54) is 0 Å². The van der Waals surface area contributed by atoms with Crippen LogP contribution in [-0.2, 0) is 6.54 Å². The molecule has 1 aromatic heterocycles. The van der Waals surface area contributed by atoms with E-state index in [9.17, 15) is 9.59 Å². The van der Waals surface area contributed by atoms with Crippen LogP contribution in [0.25, 0.3) is 0 Å². The minimum atomic E-state index is -0.273. The van der Waals surface area contributed by atoms with E-state index in [1.807, 2.05) is 36.5 Å². The largest absolute Gasteiger partial charge is 0.354 e. The van der Waals surface area contributed by atoms with Gasteiger partial charge in [-0.3, -0.25) is 9.59 Å². The van der Waals surface area contributed by atoms with Gasteiger partial charge in [-0.25, -0.2) is 4.98 Å². The summed E-state index contributed by atoms with van der Waals surface area (Å²) in [6.07, 6.45) is 1.81. The van der Waals surface area contributed by atoms with Crippen molar-refractivity contribution in [2.24, 2.45) is 0 Å². The first-order valence-corrected chi connectivity index (χ1v) is 11.0. The summed E-state index contributed by atoms with van der Waals surface area (Å²) in [7, 11) is 0. The summed E-state index contributed by atoms with van der Waals surface area (Å²) in [5, 5.41) is 2.92. The molecule has 1 aliphatic rings. The second-order valence-corrected chi connectivity index (χ2v) is 7.87. The first-order valence-electron chi connectivity index (χ1n) is 11.0. The van der Waals surface area contributed by atoms with Crippen molar-refractivity contribution in [3.8, 4) is 0 Å². The zero-order valence-electron chi connectivity index (χ0n) is 18.3. The Morgan fingerprint density at radius 2 is 1.56 bits per heavy atom. The standard InChI is InChI=1S/C26H28N4O2/c1-2-29-14-16-30(17-15-29)24-13-12-20(18-27-24)19-28-26(32)23-11-7-6-10-22(23)25(31)21-8-4-3-5-9-21/h3-13,18H,2,14-17,19H2,1H3,(H,28,32). The molecular weight excluding hydrogens is 400 g/mol. The summed E-state index contributed by atoms with van der Waals surface area (Å²) >= 11 is 0. The Balaban J connectivity index is 1.39. The number of hydrogen-bond acceptors (Lipinski definition) is 5. The van der Waals surface area contributed by atoms with Crippen molar-refractivity contribution in [2.75, 3.05) is 37.6 Å². The molecule has 0 radical (unpaired) electrons. The number of nitrogens with zero attached hydrogens (tertiary/aromatic N) is 3. The predicted octanol–water partition coefficient (Wildman–Crippen LogP) is 3.38. The van der Waals surface area contributed by atoms with Gasteiger partial charge >= 0.3 is 0 Å². The number of anilines is 1. The van der Waals surface area contributed by atoms with Gasteiger partial charge in [-0.05, 0) is 24.2 Å². The maximum atomic E-state index is 12.9. The fraction of sp³-hybridized carbons (Fsp3) is 0.269. The topological polar surface area (TPSA) is 65.5 Å². The van der Waals surface area contributed by atoms with Crippen LogP contribution in [0.2, 0.25) is 0 Å². The quantitative estimate of drug-likeness (QED) is 0.585. The van der Waals surface area contributed by atoms with E-state index in [2.05, 4.69) is 27.0 Å². The third-order valence-electron chi connectivity index (χ3n) is 5.86. The van der Waals surface area contributed by atoms with Crippen LogP contribution >= 0.6 is 0 Å². The number of pyridine rings is 1. The predicted molar refractivity (Wildman–Crippen MR) is 126 cm³/mol. The van der Waals surface area contributed by atoms with Gasteiger partial charge in [0.2, 0.25) is 0 Å². The number of aromatic nitrogens is 1. The number of carbonyl (C=O) groups excluding carboxylic acids is 2. The zero-order chi connectivity index (χ0) is 22.3. The molecule has 1 saturated heterocycles. The van der Waals surface area contributed by atoms with Gasteiger partial charge in [-0.1, -0.05) is 61.5 Å². The smallest absolute Gasteiger partial charge is 0.252 e. The van der Waals surface area contributed by atoms with Gasteiger partial charge in [-0.2, -0.15) is 0 Å². The molecule has 1 N–H and O–H groups in total. The zero-order valence-corrected chi connectivity index (χ0v) is 18.3. The van der Waals surface area contributed by atoms with Gasteiger partial charge in [0.1, 0.15) is 5.82 Å². The van der Waals surface area contributed by atoms with Crippen molar-refractivity contribution in [1.82, 2.24) is 15.2 Å². The lowest BCUT2D eigenvalue weighted by Gasteiger charge is -2.34. The van der Waals surface area contributed by atoms with Crippen LogP contribution in [0, 0.1) is 0 Å². The molecule has 2 aromatic carbocycles. The van der Waals surface area contributed by atoms with Crippen LogP contribution in [0.3, 0.4) is 0 Å². The first-order chi connectivity index (χ1) is 15.7. The summed E-state index contributed by atoms with van der Waals surface area (Å²) < 4.78 is 0. The van der Waals surface area contributed by atoms with E-state index in [0.717, 1.165) is 44.1 Å². The van der Waals surface area contributed by atoms with E-state index >= 15 is 0 Å². The highest BCUT2D eigenvalue weighted by Crippen LogP contribution is 2.16. The SMILES string of the molecule is CCN1CCN(c2ccc(CNC(=O)c3ccccc3C(=O)c3ccccc3)cn2)CC1. The van der Waals surface area contributed by atoms with Gasteiger partial charge in [0.25, 0.3) is 5.91 Å². The number of hydrogen-bond donors (Lipinski definition) is 1. The van der Waals surface area contributed by atoms with Gasteiger partial charge in [-0.15, -0.1) is 0 Å². The first kappa shape index (κ1) is 21.7. The third-order valence-corrected chi connectivity index (χ3v) is 5.86. The average Bonchev–Trinajstić information content (AvgIpc) is 2.87. The highest BCUT2D eigenvalue weighted by atomic mass is 16.2. The molecule has 0 bridgehead atoms. The number of ketones is 1. The summed E-state index contributed by atoms with van der Waals surface area (Å²) in [4.78, 5) is 35.0. The molecule has 3 aromatic rings. The molecule has 0 spiro atoms. The highest BCUT2D eigenvalue weighted by Gasteiger charge is 2.18. The molecule has 0 saturated carbocycles. The fourth-order valence-corrected chi connectivity index (χ4v) is 3.90. The summed E-state index contributed by atoms with van der Waals surface area (Å²) in [6.45, 7) is 7.68. The van der Waals surface area contributed by atoms with Crippen LogP contribution in [0.4, 0.5) is 5.82 Å². The fourth-order valence-electron chi connectivity index (χ4n) is 3.90. The van der Waals surface area contributed by atoms with E-state index in [1.54, 1.807) is 36.4 Å². The second-order valence-electron chi connectivity index (χ2n) is 7.87. The molecule has 1 amide bonds. The molecule has 164 valence electrons. The minimum absolute atomic E-state index is 0.162. The normalized spacial score (nSPS) is 14.2. The summed E-state index contributed by atoms with van der Waals surface area (Å²) in [5.74, 6) is 0.532. The average molecular weight is 429 g/mol. The van der Waals surface area contributed by atoms with E-state index in [4.69, 9.17) is 0 Å². The summed E-state index contributed by atoms with van der Waals surface area (Å²) in [5.41, 5.74) is 2.25. The number of piperazine rings is 1. The van der Waals surface area contributed by atoms with Gasteiger partial charge in [0.05, 0.1) is 5.56 Å². The molecule has 0 atom stereocenters. The Kier molecular flexibility index (Phi) is 6.92. The Morgan fingerprint density at radius 1 is 0.875 bits per heavy atom. The van der Waals surface area contributed by atoms with Crippen molar-refractivity contribution in [2.45, 2.75) is 13.5 Å².